The van der Waals surface area contributed by atoms with Crippen LogP contribution < -0.4 is 10.5 Å². The number of hydrogen-bond acceptors (Lipinski definition) is 6. The van der Waals surface area contributed by atoms with E-state index in [0.29, 0.717) is 23.7 Å². The van der Waals surface area contributed by atoms with Crippen LogP contribution in [0.15, 0.2) is 11.9 Å². The number of hydrogen-bond donors (Lipinski definition) is 2. The topological polar surface area (TPSA) is 99.1 Å². The van der Waals surface area contributed by atoms with E-state index in [4.69, 9.17) is 15.6 Å². The molecular weight excluding hydrogens is 258 g/mol. The van der Waals surface area contributed by atoms with Crippen molar-refractivity contribution in [1.82, 2.24) is 19.5 Å². The van der Waals surface area contributed by atoms with Crippen LogP contribution >= 0.6 is 0 Å². The van der Waals surface area contributed by atoms with Crippen molar-refractivity contribution in [3.05, 3.63) is 11.9 Å². The fraction of sp³-hybridized carbons (Fsp3) is 0.462. The number of nitrogens with zero attached hydrogens (tertiary/aromatic N) is 4. The molecule has 1 atom stereocenters. The van der Waals surface area contributed by atoms with Crippen molar-refractivity contribution in [3.63, 3.8) is 0 Å². The molecule has 3 N–H and O–H groups in total. The van der Waals surface area contributed by atoms with Gasteiger partial charge in [0.2, 0.25) is 11.8 Å². The van der Waals surface area contributed by atoms with Gasteiger partial charge in [0.25, 0.3) is 0 Å². The molecule has 2 aromatic rings. The first kappa shape index (κ1) is 12.9. The van der Waals surface area contributed by atoms with Gasteiger partial charge in [-0.25, -0.2) is 4.98 Å². The summed E-state index contributed by atoms with van der Waals surface area (Å²) in [5.41, 5.74) is 8.13. The largest absolute Gasteiger partial charge is 0.476 e. The number of ether oxygens (including phenoxy) is 1. The van der Waals surface area contributed by atoms with Crippen LogP contribution in [0.1, 0.15) is 19.8 Å². The van der Waals surface area contributed by atoms with Gasteiger partial charge >= 0.3 is 0 Å². The average molecular weight is 275 g/mol. The van der Waals surface area contributed by atoms with Crippen LogP contribution in [0.3, 0.4) is 0 Å². The van der Waals surface area contributed by atoms with Gasteiger partial charge in [-0.05, 0) is 18.4 Å². The summed E-state index contributed by atoms with van der Waals surface area (Å²) >= 11 is 0. The molecule has 1 fully saturated rings. The molecule has 0 saturated heterocycles. The van der Waals surface area contributed by atoms with E-state index >= 15 is 0 Å². The SMILES string of the molecule is CCCOc1nc(N)nc2c1ncn2C=C1CC1CO. The van der Waals surface area contributed by atoms with Crippen LogP contribution in [-0.2, 0) is 0 Å². The second-order valence-electron chi connectivity index (χ2n) is 4.85. The molecule has 106 valence electrons. The molecule has 20 heavy (non-hydrogen) atoms. The van der Waals surface area contributed by atoms with Gasteiger partial charge in [-0.2, -0.15) is 9.97 Å². The summed E-state index contributed by atoms with van der Waals surface area (Å²) < 4.78 is 7.36. The van der Waals surface area contributed by atoms with Crippen LogP contribution in [-0.4, -0.2) is 37.8 Å². The molecule has 3 rings (SSSR count). The fourth-order valence-corrected chi connectivity index (χ4v) is 2.04. The van der Waals surface area contributed by atoms with Gasteiger partial charge in [-0.15, -0.1) is 0 Å². The van der Waals surface area contributed by atoms with Gasteiger partial charge in [0.1, 0.15) is 6.33 Å². The average Bonchev–Trinajstić information content (AvgIpc) is 3.08. The van der Waals surface area contributed by atoms with E-state index < -0.39 is 0 Å². The summed E-state index contributed by atoms with van der Waals surface area (Å²) in [7, 11) is 0. The number of nitrogen functional groups attached to an aromatic ring is 1. The highest BCUT2D eigenvalue weighted by Crippen LogP contribution is 2.38. The van der Waals surface area contributed by atoms with Crippen molar-refractivity contribution in [3.8, 4) is 5.88 Å². The predicted octanol–water partition coefficient (Wildman–Crippen LogP) is 1.05. The molecule has 0 spiro atoms. The molecular formula is C13H17N5O2. The number of rotatable bonds is 5. The van der Waals surface area contributed by atoms with Crippen LogP contribution in [0.4, 0.5) is 5.95 Å². The Labute approximate surface area is 116 Å². The highest BCUT2D eigenvalue weighted by Gasteiger charge is 2.29. The lowest BCUT2D eigenvalue weighted by Crippen LogP contribution is -2.03. The van der Waals surface area contributed by atoms with E-state index in [-0.39, 0.29) is 18.5 Å². The minimum absolute atomic E-state index is 0.165. The molecule has 0 aliphatic heterocycles. The number of fused-ring (bicyclic) bond motifs is 1. The first-order valence-corrected chi connectivity index (χ1v) is 6.67. The first-order chi connectivity index (χ1) is 9.72. The second-order valence-corrected chi connectivity index (χ2v) is 4.85. The molecule has 0 bridgehead atoms. The maximum absolute atomic E-state index is 9.07. The molecule has 0 aromatic carbocycles. The third kappa shape index (κ3) is 2.32. The minimum atomic E-state index is 0.165. The van der Waals surface area contributed by atoms with Crippen molar-refractivity contribution in [2.24, 2.45) is 5.92 Å². The Balaban J connectivity index is 1.99. The summed E-state index contributed by atoms with van der Waals surface area (Å²) in [4.78, 5) is 12.6. The number of aromatic nitrogens is 4. The standard InChI is InChI=1S/C13H17N5O2/c1-2-3-20-12-10-11(16-13(14)17-12)18(7-15-10)5-8-4-9(8)6-19/h5,7,9,19H,2-4,6H2,1H3,(H2,14,16,17). The third-order valence-electron chi connectivity index (χ3n) is 3.22. The molecule has 7 nitrogen and oxygen atoms in total. The Hall–Kier alpha value is -2.15. The lowest BCUT2D eigenvalue weighted by Gasteiger charge is -2.04. The Morgan fingerprint density at radius 2 is 2.40 bits per heavy atom. The maximum Gasteiger partial charge on any atom is 0.247 e. The number of imidazole rings is 1. The van der Waals surface area contributed by atoms with Crippen molar-refractivity contribution in [2.45, 2.75) is 19.8 Å². The van der Waals surface area contributed by atoms with Gasteiger partial charge in [-0.1, -0.05) is 6.92 Å². The molecule has 1 unspecified atom stereocenters. The van der Waals surface area contributed by atoms with Crippen LogP contribution in [0.25, 0.3) is 17.4 Å². The van der Waals surface area contributed by atoms with Gasteiger partial charge < -0.3 is 15.6 Å². The van der Waals surface area contributed by atoms with Gasteiger partial charge in [0.15, 0.2) is 11.2 Å². The van der Waals surface area contributed by atoms with E-state index in [9.17, 15) is 0 Å². The Kier molecular flexibility index (Phi) is 3.27. The molecule has 1 aliphatic carbocycles. The zero-order valence-corrected chi connectivity index (χ0v) is 11.3. The monoisotopic (exact) mass is 275 g/mol. The fourth-order valence-electron chi connectivity index (χ4n) is 2.04. The van der Waals surface area contributed by atoms with E-state index in [1.165, 1.54) is 5.57 Å². The lowest BCUT2D eigenvalue weighted by atomic mass is 10.4. The summed E-state index contributed by atoms with van der Waals surface area (Å²) in [6.45, 7) is 2.76. The van der Waals surface area contributed by atoms with Crippen LogP contribution in [0.2, 0.25) is 0 Å². The number of aliphatic hydroxyl groups excluding tert-OH is 1. The van der Waals surface area contributed by atoms with Gasteiger partial charge in [-0.3, -0.25) is 4.57 Å². The lowest BCUT2D eigenvalue weighted by molar-refractivity contribution is 0.281. The molecule has 0 radical (unpaired) electrons. The van der Waals surface area contributed by atoms with Crippen molar-refractivity contribution >= 4 is 23.3 Å². The van der Waals surface area contributed by atoms with E-state index in [1.54, 1.807) is 10.9 Å². The molecule has 1 saturated carbocycles. The van der Waals surface area contributed by atoms with Crippen LogP contribution in [0.5, 0.6) is 5.88 Å². The Bertz CT molecular complexity index is 664. The minimum Gasteiger partial charge on any atom is -0.476 e. The summed E-state index contributed by atoms with van der Waals surface area (Å²) in [6, 6.07) is 0. The summed E-state index contributed by atoms with van der Waals surface area (Å²) in [5.74, 6) is 0.849. The van der Waals surface area contributed by atoms with Crippen LogP contribution in [0, 0.1) is 5.92 Å². The van der Waals surface area contributed by atoms with E-state index in [1.807, 2.05) is 13.1 Å². The molecule has 0 amide bonds. The number of aliphatic hydroxyl groups is 1. The maximum atomic E-state index is 9.07. The zero-order valence-electron chi connectivity index (χ0n) is 11.3. The summed E-state index contributed by atoms with van der Waals surface area (Å²) in [6.07, 6.45) is 5.40. The quantitative estimate of drug-likeness (QED) is 0.846. The molecule has 7 heteroatoms. The van der Waals surface area contributed by atoms with E-state index in [0.717, 1.165) is 12.8 Å². The Morgan fingerprint density at radius 3 is 3.10 bits per heavy atom. The van der Waals surface area contributed by atoms with E-state index in [2.05, 4.69) is 15.0 Å². The normalized spacial score (nSPS) is 19.7. The highest BCUT2D eigenvalue weighted by atomic mass is 16.5. The van der Waals surface area contributed by atoms with Crippen molar-refractivity contribution < 1.29 is 9.84 Å². The summed E-state index contributed by atoms with van der Waals surface area (Å²) in [5, 5.41) is 9.07. The smallest absolute Gasteiger partial charge is 0.247 e. The molecule has 2 heterocycles. The van der Waals surface area contributed by atoms with Gasteiger partial charge in [0.05, 0.1) is 6.61 Å². The first-order valence-electron chi connectivity index (χ1n) is 6.67. The van der Waals surface area contributed by atoms with Crippen molar-refractivity contribution in [2.75, 3.05) is 18.9 Å². The molecule has 2 aromatic heterocycles. The zero-order chi connectivity index (χ0) is 14.1. The predicted molar refractivity (Wildman–Crippen MR) is 75.0 cm³/mol. The Morgan fingerprint density at radius 1 is 1.55 bits per heavy atom. The second kappa shape index (κ2) is 5.09. The molecule has 1 aliphatic rings. The third-order valence-corrected chi connectivity index (χ3v) is 3.22. The number of anilines is 1. The van der Waals surface area contributed by atoms with Crippen molar-refractivity contribution in [1.29, 1.82) is 0 Å². The van der Waals surface area contributed by atoms with Gasteiger partial charge in [0, 0.05) is 18.7 Å². The number of nitrogens with two attached hydrogens (primary N) is 1. The highest BCUT2D eigenvalue weighted by molar-refractivity contribution is 5.79.